The van der Waals surface area contributed by atoms with Crippen molar-refractivity contribution < 1.29 is 0 Å². The van der Waals surface area contributed by atoms with E-state index in [2.05, 4.69) is 41.4 Å². The van der Waals surface area contributed by atoms with Crippen molar-refractivity contribution in [2.24, 2.45) is 5.92 Å². The highest BCUT2D eigenvalue weighted by Gasteiger charge is 2.24. The predicted molar refractivity (Wildman–Crippen MR) is 59.6 cm³/mol. The number of piperidine rings is 1. The maximum Gasteiger partial charge on any atom is 0.0544 e. The molecule has 0 amide bonds. The van der Waals surface area contributed by atoms with Gasteiger partial charge >= 0.3 is 0 Å². The molecule has 0 radical (unpaired) electrons. The minimum Gasteiger partial charge on any atom is -0.369 e. The van der Waals surface area contributed by atoms with Gasteiger partial charge in [0.2, 0.25) is 0 Å². The molecule has 0 aliphatic carbocycles. The molecule has 14 heavy (non-hydrogen) atoms. The number of H-pyrrole nitrogens is 1. The first-order valence-electron chi connectivity index (χ1n) is 5.35. The first-order chi connectivity index (χ1) is 6.79. The van der Waals surface area contributed by atoms with Gasteiger partial charge in [-0.3, -0.25) is 0 Å². The van der Waals surface area contributed by atoms with E-state index in [9.17, 15) is 0 Å². The molecule has 2 atom stereocenters. The Labute approximate surface area is 85.5 Å². The number of rotatable bonds is 2. The van der Waals surface area contributed by atoms with Gasteiger partial charge in [0, 0.05) is 32.0 Å². The minimum atomic E-state index is 0.625. The lowest BCUT2D eigenvalue weighted by atomic mass is 9.93. The molecular weight excluding hydrogens is 174 g/mol. The molecule has 78 valence electrons. The second kappa shape index (κ2) is 4.05. The van der Waals surface area contributed by atoms with Crippen LogP contribution in [0.2, 0.25) is 0 Å². The summed E-state index contributed by atoms with van der Waals surface area (Å²) in [5, 5.41) is 3.46. The highest BCUT2D eigenvalue weighted by molar-refractivity contribution is 5.44. The largest absolute Gasteiger partial charge is 0.369 e. The van der Waals surface area contributed by atoms with Crippen molar-refractivity contribution in [3.63, 3.8) is 0 Å². The van der Waals surface area contributed by atoms with Crippen molar-refractivity contribution in [2.75, 3.05) is 25.0 Å². The molecule has 1 fully saturated rings. The Morgan fingerprint density at radius 3 is 3.00 bits per heavy atom. The van der Waals surface area contributed by atoms with Crippen LogP contribution in [0.4, 0.5) is 5.69 Å². The summed E-state index contributed by atoms with van der Waals surface area (Å²) in [5.41, 5.74) is 1.28. The van der Waals surface area contributed by atoms with E-state index < -0.39 is 0 Å². The molecule has 1 aromatic rings. The molecule has 0 saturated carbocycles. The van der Waals surface area contributed by atoms with Gasteiger partial charge < -0.3 is 15.2 Å². The number of anilines is 1. The van der Waals surface area contributed by atoms with E-state index in [-0.39, 0.29) is 0 Å². The fourth-order valence-electron chi connectivity index (χ4n) is 2.22. The number of hydrogen-bond acceptors (Lipinski definition) is 2. The minimum absolute atomic E-state index is 0.625. The molecule has 0 unspecified atom stereocenters. The molecular formula is C11H19N3. The SMILES string of the molecule is C[C@@H]1CCNC[C@@H]1N(C)c1cc[nH]c1. The lowest BCUT2D eigenvalue weighted by Gasteiger charge is -2.37. The van der Waals surface area contributed by atoms with Gasteiger partial charge in [0.15, 0.2) is 0 Å². The Kier molecular flexibility index (Phi) is 2.77. The maximum atomic E-state index is 3.46. The van der Waals surface area contributed by atoms with Crippen molar-refractivity contribution in [2.45, 2.75) is 19.4 Å². The van der Waals surface area contributed by atoms with E-state index in [0.29, 0.717) is 6.04 Å². The van der Waals surface area contributed by atoms with E-state index in [1.165, 1.54) is 18.7 Å². The molecule has 2 rings (SSSR count). The topological polar surface area (TPSA) is 31.1 Å². The number of likely N-dealkylation sites (N-methyl/N-ethyl adjacent to an activating group) is 1. The molecule has 2 N–H and O–H groups in total. The van der Waals surface area contributed by atoms with Crippen LogP contribution in [0.25, 0.3) is 0 Å². The molecule has 2 heterocycles. The Morgan fingerprint density at radius 2 is 2.36 bits per heavy atom. The number of aromatic amines is 1. The Balaban J connectivity index is 2.06. The average Bonchev–Trinajstić information content (AvgIpc) is 2.70. The summed E-state index contributed by atoms with van der Waals surface area (Å²) in [6, 6.07) is 2.75. The number of aromatic nitrogens is 1. The molecule has 0 bridgehead atoms. The summed E-state index contributed by atoms with van der Waals surface area (Å²) in [5.74, 6) is 0.774. The molecule has 0 spiro atoms. The smallest absolute Gasteiger partial charge is 0.0544 e. The van der Waals surface area contributed by atoms with Crippen LogP contribution >= 0.6 is 0 Å². The van der Waals surface area contributed by atoms with Crippen LogP contribution < -0.4 is 10.2 Å². The van der Waals surface area contributed by atoms with Gasteiger partial charge in [-0.05, 0) is 24.9 Å². The van der Waals surface area contributed by atoms with Crippen LogP contribution in [0, 0.1) is 5.92 Å². The van der Waals surface area contributed by atoms with E-state index >= 15 is 0 Å². The van der Waals surface area contributed by atoms with Crippen molar-refractivity contribution in [3.05, 3.63) is 18.5 Å². The van der Waals surface area contributed by atoms with E-state index in [1.54, 1.807) is 0 Å². The number of nitrogens with one attached hydrogen (secondary N) is 2. The van der Waals surface area contributed by atoms with Gasteiger partial charge in [-0.1, -0.05) is 6.92 Å². The van der Waals surface area contributed by atoms with Crippen LogP contribution in [0.3, 0.4) is 0 Å². The van der Waals surface area contributed by atoms with Crippen molar-refractivity contribution >= 4 is 5.69 Å². The van der Waals surface area contributed by atoms with Crippen molar-refractivity contribution in [1.82, 2.24) is 10.3 Å². The standard InChI is InChI=1S/C11H19N3/c1-9-3-5-13-8-11(9)14(2)10-4-6-12-7-10/h4,6-7,9,11-13H,3,5,8H2,1-2H3/t9-,11+/m1/s1. The zero-order valence-corrected chi connectivity index (χ0v) is 8.96. The summed E-state index contributed by atoms with van der Waals surface area (Å²) in [4.78, 5) is 5.47. The van der Waals surface area contributed by atoms with Crippen molar-refractivity contribution in [3.8, 4) is 0 Å². The average molecular weight is 193 g/mol. The monoisotopic (exact) mass is 193 g/mol. The fourth-order valence-corrected chi connectivity index (χ4v) is 2.22. The predicted octanol–water partition coefficient (Wildman–Crippen LogP) is 1.45. The molecule has 1 saturated heterocycles. The van der Waals surface area contributed by atoms with Gasteiger partial charge in [-0.15, -0.1) is 0 Å². The van der Waals surface area contributed by atoms with Crippen molar-refractivity contribution in [1.29, 1.82) is 0 Å². The van der Waals surface area contributed by atoms with Crippen LogP contribution in [0.15, 0.2) is 18.5 Å². The zero-order valence-electron chi connectivity index (χ0n) is 8.96. The van der Waals surface area contributed by atoms with Gasteiger partial charge in [0.05, 0.1) is 5.69 Å². The summed E-state index contributed by atoms with van der Waals surface area (Å²) in [6.07, 6.45) is 5.31. The summed E-state index contributed by atoms with van der Waals surface area (Å²) >= 11 is 0. The fraction of sp³-hybridized carbons (Fsp3) is 0.636. The van der Waals surface area contributed by atoms with E-state index in [1.807, 2.05) is 6.20 Å². The van der Waals surface area contributed by atoms with Gasteiger partial charge in [-0.2, -0.15) is 0 Å². The van der Waals surface area contributed by atoms with E-state index in [0.717, 1.165) is 12.5 Å². The summed E-state index contributed by atoms with van der Waals surface area (Å²) < 4.78 is 0. The summed E-state index contributed by atoms with van der Waals surface area (Å²) in [6.45, 7) is 4.61. The Morgan fingerprint density at radius 1 is 1.50 bits per heavy atom. The Hall–Kier alpha value is -0.960. The van der Waals surface area contributed by atoms with Gasteiger partial charge in [0.25, 0.3) is 0 Å². The lowest BCUT2D eigenvalue weighted by molar-refractivity contribution is 0.338. The van der Waals surface area contributed by atoms with E-state index in [4.69, 9.17) is 0 Å². The quantitative estimate of drug-likeness (QED) is 0.745. The molecule has 3 nitrogen and oxygen atoms in total. The third-order valence-electron chi connectivity index (χ3n) is 3.27. The van der Waals surface area contributed by atoms with Crippen LogP contribution in [0.1, 0.15) is 13.3 Å². The third kappa shape index (κ3) is 1.77. The highest BCUT2D eigenvalue weighted by Crippen LogP contribution is 2.21. The number of nitrogens with zero attached hydrogens (tertiary/aromatic N) is 1. The second-order valence-electron chi connectivity index (χ2n) is 4.22. The second-order valence-corrected chi connectivity index (χ2v) is 4.22. The normalized spacial score (nSPS) is 27.6. The van der Waals surface area contributed by atoms with Crippen LogP contribution in [-0.4, -0.2) is 31.2 Å². The van der Waals surface area contributed by atoms with Gasteiger partial charge in [0.1, 0.15) is 0 Å². The Bertz CT molecular complexity index is 268. The van der Waals surface area contributed by atoms with Crippen LogP contribution in [-0.2, 0) is 0 Å². The first kappa shape index (κ1) is 9.59. The third-order valence-corrected chi connectivity index (χ3v) is 3.27. The molecule has 3 heteroatoms. The lowest BCUT2D eigenvalue weighted by Crippen LogP contribution is -2.49. The van der Waals surface area contributed by atoms with Crippen LogP contribution in [0.5, 0.6) is 0 Å². The van der Waals surface area contributed by atoms with Gasteiger partial charge in [-0.25, -0.2) is 0 Å². The molecule has 1 aliphatic rings. The highest BCUT2D eigenvalue weighted by atomic mass is 15.2. The zero-order chi connectivity index (χ0) is 9.97. The maximum absolute atomic E-state index is 3.46. The first-order valence-corrected chi connectivity index (χ1v) is 5.35. The number of hydrogen-bond donors (Lipinski definition) is 2. The molecule has 1 aliphatic heterocycles. The molecule has 0 aromatic carbocycles. The molecule has 1 aromatic heterocycles. The summed E-state index contributed by atoms with van der Waals surface area (Å²) in [7, 11) is 2.18.